The maximum absolute atomic E-state index is 2.52. The van der Waals surface area contributed by atoms with Gasteiger partial charge in [-0.25, -0.2) is 0 Å². The first kappa shape index (κ1) is 17.8. The summed E-state index contributed by atoms with van der Waals surface area (Å²) >= 11 is 0. The molecule has 0 atom stereocenters. The second-order valence-corrected chi connectivity index (χ2v) is 8.41. The van der Waals surface area contributed by atoms with Crippen molar-refractivity contribution in [2.75, 3.05) is 0 Å². The van der Waals surface area contributed by atoms with Crippen LogP contribution in [0.3, 0.4) is 0 Å². The van der Waals surface area contributed by atoms with Gasteiger partial charge in [-0.05, 0) is 93.9 Å². The first-order valence-corrected chi connectivity index (χ1v) is 10.5. The summed E-state index contributed by atoms with van der Waals surface area (Å²) in [4.78, 5) is 0. The van der Waals surface area contributed by atoms with Crippen LogP contribution in [0.4, 0.5) is 0 Å². The molecular formula is C24H40. The maximum atomic E-state index is 2.52. The summed E-state index contributed by atoms with van der Waals surface area (Å²) in [5.74, 6) is 3.76. The average molecular weight is 329 g/mol. The Hall–Kier alpha value is -1.04. The van der Waals surface area contributed by atoms with Gasteiger partial charge in [0, 0.05) is 2.85 Å². The molecule has 1 aromatic rings. The lowest BCUT2D eigenvalue weighted by atomic mass is 9.68. The van der Waals surface area contributed by atoms with E-state index in [0.717, 1.165) is 23.7 Å². The molecular weight excluding hydrogens is 288 g/mol. The predicted molar refractivity (Wildman–Crippen MR) is 110 cm³/mol. The van der Waals surface area contributed by atoms with Gasteiger partial charge in [-0.2, -0.15) is 0 Å². The Labute approximate surface area is 152 Å². The van der Waals surface area contributed by atoms with E-state index in [-0.39, 0.29) is 2.85 Å². The first-order chi connectivity index (χ1) is 11.8. The summed E-state index contributed by atoms with van der Waals surface area (Å²) in [6.45, 7) is 4.46. The van der Waals surface area contributed by atoms with Crippen molar-refractivity contribution in [3.05, 3.63) is 47.5 Å². The molecule has 0 saturated heterocycles. The summed E-state index contributed by atoms with van der Waals surface area (Å²) in [5.41, 5.74) is 2.97. The second kappa shape index (κ2) is 8.88. The van der Waals surface area contributed by atoms with E-state index in [9.17, 15) is 0 Å². The van der Waals surface area contributed by atoms with Crippen LogP contribution in [0.1, 0.15) is 91.0 Å². The van der Waals surface area contributed by atoms with Crippen molar-refractivity contribution in [1.29, 1.82) is 0 Å². The third-order valence-electron chi connectivity index (χ3n) is 6.67. The van der Waals surface area contributed by atoms with Gasteiger partial charge in [0.2, 0.25) is 0 Å². The molecule has 136 valence electrons. The number of hydrogen-bond donors (Lipinski definition) is 0. The Kier molecular flexibility index (Phi) is 6.58. The average Bonchev–Trinajstić information content (AvgIpc) is 2.63. The standard InChI is InChI=1S/C24H36.2H2/c1-3-4-5-6-20-9-13-22(14-10-20)24-17-15-23(16-18-24)21-11-7-19(2)8-12-21;;/h5-8,11-12,20,22-24H,3-4,9-10,13-18H2,1-2H3;2*1H/b6-5+;;. The van der Waals surface area contributed by atoms with Gasteiger partial charge in [0.1, 0.15) is 0 Å². The van der Waals surface area contributed by atoms with Gasteiger partial charge >= 0.3 is 0 Å². The van der Waals surface area contributed by atoms with Gasteiger partial charge in [0.15, 0.2) is 0 Å². The van der Waals surface area contributed by atoms with Crippen molar-refractivity contribution in [1.82, 2.24) is 0 Å². The van der Waals surface area contributed by atoms with Crippen LogP contribution in [-0.2, 0) is 0 Å². The molecule has 0 heterocycles. The van der Waals surface area contributed by atoms with E-state index in [0.29, 0.717) is 0 Å². The van der Waals surface area contributed by atoms with E-state index >= 15 is 0 Å². The van der Waals surface area contributed by atoms with E-state index in [4.69, 9.17) is 0 Å². The highest BCUT2D eigenvalue weighted by molar-refractivity contribution is 5.24. The molecule has 1 aromatic carbocycles. The Morgan fingerprint density at radius 3 is 2.04 bits per heavy atom. The van der Waals surface area contributed by atoms with E-state index in [1.165, 1.54) is 69.8 Å². The van der Waals surface area contributed by atoms with Gasteiger partial charge in [0.25, 0.3) is 0 Å². The minimum absolute atomic E-state index is 0. The van der Waals surface area contributed by atoms with Crippen LogP contribution in [0.2, 0.25) is 0 Å². The third kappa shape index (κ3) is 4.74. The molecule has 0 heteroatoms. The van der Waals surface area contributed by atoms with Crippen LogP contribution in [0.15, 0.2) is 36.4 Å². The van der Waals surface area contributed by atoms with E-state index in [2.05, 4.69) is 50.3 Å². The van der Waals surface area contributed by atoms with E-state index in [1.807, 2.05) is 0 Å². The molecule has 0 aliphatic heterocycles. The smallest absolute Gasteiger partial charge is 0 e. The number of aryl methyl sites for hydroxylation is 1. The fourth-order valence-corrected chi connectivity index (χ4v) is 5.03. The van der Waals surface area contributed by atoms with Crippen molar-refractivity contribution in [2.24, 2.45) is 17.8 Å². The van der Waals surface area contributed by atoms with E-state index < -0.39 is 0 Å². The zero-order valence-electron chi connectivity index (χ0n) is 15.8. The fraction of sp³-hybridized carbons (Fsp3) is 0.667. The molecule has 0 N–H and O–H groups in total. The van der Waals surface area contributed by atoms with E-state index in [1.54, 1.807) is 5.56 Å². The molecule has 2 aliphatic rings. The van der Waals surface area contributed by atoms with Crippen LogP contribution < -0.4 is 0 Å². The predicted octanol–water partition coefficient (Wildman–Crippen LogP) is 7.92. The van der Waals surface area contributed by atoms with Gasteiger partial charge < -0.3 is 0 Å². The van der Waals surface area contributed by atoms with Gasteiger partial charge in [0.05, 0.1) is 0 Å². The van der Waals surface area contributed by atoms with Gasteiger partial charge in [-0.1, -0.05) is 55.3 Å². The Bertz CT molecular complexity index is 504. The fourth-order valence-electron chi connectivity index (χ4n) is 5.03. The first-order valence-electron chi connectivity index (χ1n) is 10.5. The van der Waals surface area contributed by atoms with Gasteiger partial charge in [-0.3, -0.25) is 0 Å². The highest BCUT2D eigenvalue weighted by Crippen LogP contribution is 2.44. The Morgan fingerprint density at radius 2 is 1.46 bits per heavy atom. The lowest BCUT2D eigenvalue weighted by Gasteiger charge is -2.37. The molecule has 3 rings (SSSR count). The summed E-state index contributed by atoms with van der Waals surface area (Å²) in [6.07, 6.45) is 19.2. The Morgan fingerprint density at radius 1 is 0.875 bits per heavy atom. The quantitative estimate of drug-likeness (QED) is 0.481. The zero-order valence-corrected chi connectivity index (χ0v) is 15.8. The minimum atomic E-state index is 0. The molecule has 2 aliphatic carbocycles. The molecule has 0 spiro atoms. The van der Waals surface area contributed by atoms with Crippen LogP contribution in [-0.4, -0.2) is 0 Å². The topological polar surface area (TPSA) is 0 Å². The van der Waals surface area contributed by atoms with Crippen molar-refractivity contribution in [3.63, 3.8) is 0 Å². The van der Waals surface area contributed by atoms with Crippen molar-refractivity contribution < 1.29 is 2.85 Å². The molecule has 2 saturated carbocycles. The van der Waals surface area contributed by atoms with Crippen molar-refractivity contribution in [2.45, 2.75) is 84.0 Å². The summed E-state index contributed by atoms with van der Waals surface area (Å²) in [5, 5.41) is 0. The van der Waals surface area contributed by atoms with Gasteiger partial charge in [-0.15, -0.1) is 0 Å². The minimum Gasteiger partial charge on any atom is -0.0883 e. The second-order valence-electron chi connectivity index (χ2n) is 8.41. The molecule has 0 aromatic heterocycles. The normalized spacial score (nSPS) is 31.4. The largest absolute Gasteiger partial charge is 0.0883 e. The monoisotopic (exact) mass is 328 g/mol. The summed E-state index contributed by atoms with van der Waals surface area (Å²) in [6, 6.07) is 9.31. The van der Waals surface area contributed by atoms with Crippen molar-refractivity contribution in [3.8, 4) is 0 Å². The molecule has 0 radical (unpaired) electrons. The molecule has 0 amide bonds. The third-order valence-corrected chi connectivity index (χ3v) is 6.67. The highest BCUT2D eigenvalue weighted by atomic mass is 14.4. The van der Waals surface area contributed by atoms with Crippen LogP contribution in [0.25, 0.3) is 0 Å². The lowest BCUT2D eigenvalue weighted by Crippen LogP contribution is -2.25. The number of unbranched alkanes of at least 4 members (excludes halogenated alkanes) is 1. The molecule has 0 unspecified atom stereocenters. The SMILES string of the molecule is CCC/C=C/C1CCC(C2CCC(c3ccc(C)cc3)CC2)CC1.[HH].[HH]. The zero-order chi connectivity index (χ0) is 16.8. The lowest BCUT2D eigenvalue weighted by molar-refractivity contribution is 0.171. The van der Waals surface area contributed by atoms with Crippen LogP contribution in [0, 0.1) is 24.7 Å². The number of benzene rings is 1. The molecule has 24 heavy (non-hydrogen) atoms. The molecule has 0 nitrogen and oxygen atoms in total. The molecule has 2 fully saturated rings. The number of hydrogen-bond acceptors (Lipinski definition) is 0. The van der Waals surface area contributed by atoms with Crippen LogP contribution >= 0.6 is 0 Å². The Balaban J connectivity index is 0.00000169. The number of rotatable bonds is 5. The van der Waals surface area contributed by atoms with Crippen LogP contribution in [0.5, 0.6) is 0 Å². The summed E-state index contributed by atoms with van der Waals surface area (Å²) in [7, 11) is 0. The maximum Gasteiger partial charge on any atom is 0 e. The molecule has 0 bridgehead atoms. The number of allylic oxidation sites excluding steroid dienone is 2. The van der Waals surface area contributed by atoms with Crippen molar-refractivity contribution >= 4 is 0 Å². The highest BCUT2D eigenvalue weighted by Gasteiger charge is 2.30. The summed E-state index contributed by atoms with van der Waals surface area (Å²) < 4.78 is 0.